The van der Waals surface area contributed by atoms with Gasteiger partial charge in [-0.3, -0.25) is 0 Å². The van der Waals surface area contributed by atoms with Gasteiger partial charge in [0.15, 0.2) is 0 Å². The van der Waals surface area contributed by atoms with Crippen molar-refractivity contribution in [3.8, 4) is 0 Å². The van der Waals surface area contributed by atoms with Crippen molar-refractivity contribution in [2.75, 3.05) is 0 Å². The average molecular weight is 245 g/mol. The molecule has 0 unspecified atom stereocenters. The van der Waals surface area contributed by atoms with Crippen LogP contribution in [-0.2, 0) is 0 Å². The van der Waals surface area contributed by atoms with E-state index in [1.165, 1.54) is 0 Å². The Labute approximate surface area is 99.4 Å². The Hall–Kier alpha value is -0.610. The third-order valence-corrected chi connectivity index (χ3v) is 3.17. The van der Waals surface area contributed by atoms with Crippen molar-refractivity contribution in [1.29, 1.82) is 0 Å². The molecular weight excluding hydrogens is 228 g/mol. The van der Waals surface area contributed by atoms with Crippen molar-refractivity contribution in [3.05, 3.63) is 29.8 Å². The molecular formula is C12H17F2NS. The topological polar surface area (TPSA) is 26.0 Å². The first kappa shape index (κ1) is 13.5. The molecule has 1 nitrogen and oxygen atoms in total. The largest absolute Gasteiger partial charge is 0.319 e. The summed E-state index contributed by atoms with van der Waals surface area (Å²) in [5, 5.41) is 0. The molecule has 0 heterocycles. The fourth-order valence-electron chi connectivity index (χ4n) is 1.31. The molecule has 0 spiro atoms. The van der Waals surface area contributed by atoms with E-state index in [4.69, 9.17) is 5.73 Å². The average Bonchev–Trinajstić information content (AvgIpc) is 2.15. The summed E-state index contributed by atoms with van der Waals surface area (Å²) < 4.78 is 25.2. The zero-order chi connectivity index (χ0) is 12.3. The van der Waals surface area contributed by atoms with E-state index in [0.717, 1.165) is 4.90 Å². The molecule has 1 rings (SSSR count). The smallest absolute Gasteiger partial charge is 0.257 e. The van der Waals surface area contributed by atoms with Crippen LogP contribution in [0.2, 0.25) is 0 Å². The van der Waals surface area contributed by atoms with Crippen molar-refractivity contribution >= 4 is 11.8 Å². The van der Waals surface area contributed by atoms with Crippen LogP contribution in [0, 0.1) is 0 Å². The van der Waals surface area contributed by atoms with Gasteiger partial charge in [0.25, 0.3) is 6.43 Å². The molecule has 2 N–H and O–H groups in total. The fourth-order valence-corrected chi connectivity index (χ4v) is 2.44. The second-order valence-corrected chi connectivity index (χ2v) is 6.48. The highest BCUT2D eigenvalue weighted by Crippen LogP contribution is 2.36. The summed E-state index contributed by atoms with van der Waals surface area (Å²) in [5.41, 5.74) is 6.02. The van der Waals surface area contributed by atoms with Crippen molar-refractivity contribution in [1.82, 2.24) is 0 Å². The van der Waals surface area contributed by atoms with E-state index in [0.29, 0.717) is 5.56 Å². The Bertz CT molecular complexity index is 347. The van der Waals surface area contributed by atoms with Crippen LogP contribution in [0.15, 0.2) is 29.2 Å². The van der Waals surface area contributed by atoms with Gasteiger partial charge in [-0.2, -0.15) is 0 Å². The van der Waals surface area contributed by atoms with Crippen LogP contribution in [-0.4, -0.2) is 11.2 Å². The van der Waals surface area contributed by atoms with E-state index in [-0.39, 0.29) is 4.75 Å². The lowest BCUT2D eigenvalue weighted by atomic mass is 10.1. The van der Waals surface area contributed by atoms with Gasteiger partial charge in [0.1, 0.15) is 0 Å². The number of rotatable bonds is 3. The maximum atomic E-state index is 12.6. The quantitative estimate of drug-likeness (QED) is 0.819. The number of hydrogen-bond donors (Lipinski definition) is 1. The molecule has 1 atom stereocenters. The van der Waals surface area contributed by atoms with Crippen LogP contribution < -0.4 is 5.73 Å². The van der Waals surface area contributed by atoms with Crippen LogP contribution in [0.25, 0.3) is 0 Å². The van der Waals surface area contributed by atoms with E-state index < -0.39 is 12.5 Å². The van der Waals surface area contributed by atoms with Gasteiger partial charge >= 0.3 is 0 Å². The van der Waals surface area contributed by atoms with Crippen LogP contribution in [0.4, 0.5) is 8.78 Å². The molecule has 90 valence electrons. The monoisotopic (exact) mass is 245 g/mol. The predicted molar refractivity (Wildman–Crippen MR) is 65.0 cm³/mol. The number of hydrogen-bond acceptors (Lipinski definition) is 2. The number of benzene rings is 1. The minimum absolute atomic E-state index is 0.0159. The normalized spacial score (nSPS) is 14.2. The van der Waals surface area contributed by atoms with E-state index in [2.05, 4.69) is 0 Å². The van der Waals surface area contributed by atoms with E-state index >= 15 is 0 Å². The molecule has 16 heavy (non-hydrogen) atoms. The van der Waals surface area contributed by atoms with Crippen molar-refractivity contribution < 1.29 is 8.78 Å². The third kappa shape index (κ3) is 3.76. The fraction of sp³-hybridized carbons (Fsp3) is 0.500. The highest BCUT2D eigenvalue weighted by molar-refractivity contribution is 8.00. The predicted octanol–water partition coefficient (Wildman–Crippen LogP) is 3.84. The van der Waals surface area contributed by atoms with Crippen molar-refractivity contribution in [2.24, 2.45) is 5.73 Å². The maximum absolute atomic E-state index is 12.6. The molecule has 0 amide bonds. The molecule has 0 aliphatic rings. The molecule has 0 fully saturated rings. The molecule has 0 aliphatic carbocycles. The number of halogens is 2. The van der Waals surface area contributed by atoms with E-state index in [1.54, 1.807) is 23.9 Å². The Morgan fingerprint density at radius 2 is 1.75 bits per heavy atom. The van der Waals surface area contributed by atoms with Crippen molar-refractivity contribution in [2.45, 2.75) is 42.9 Å². The molecule has 0 aliphatic heterocycles. The molecule has 1 aromatic rings. The van der Waals surface area contributed by atoms with Gasteiger partial charge in [0.05, 0.1) is 6.04 Å². The van der Waals surface area contributed by atoms with Gasteiger partial charge in [-0.25, -0.2) is 8.78 Å². The summed E-state index contributed by atoms with van der Waals surface area (Å²) in [6.45, 7) is 6.13. The Kier molecular flexibility index (Phi) is 4.33. The molecule has 4 heteroatoms. The first-order valence-corrected chi connectivity index (χ1v) is 5.94. The SMILES string of the molecule is CC(C)(C)Sc1ccccc1[C@H](N)C(F)F. The Morgan fingerprint density at radius 3 is 2.25 bits per heavy atom. The van der Waals surface area contributed by atoms with Gasteiger partial charge in [0, 0.05) is 9.64 Å². The zero-order valence-corrected chi connectivity index (χ0v) is 10.5. The molecule has 0 aromatic heterocycles. The van der Waals surface area contributed by atoms with Gasteiger partial charge in [-0.15, -0.1) is 11.8 Å². The van der Waals surface area contributed by atoms with Crippen LogP contribution in [0.5, 0.6) is 0 Å². The second kappa shape index (κ2) is 5.15. The van der Waals surface area contributed by atoms with Gasteiger partial charge in [0.2, 0.25) is 0 Å². The molecule has 0 radical (unpaired) electrons. The van der Waals surface area contributed by atoms with Gasteiger partial charge in [-0.05, 0) is 11.6 Å². The van der Waals surface area contributed by atoms with Crippen molar-refractivity contribution in [3.63, 3.8) is 0 Å². The summed E-state index contributed by atoms with van der Waals surface area (Å²) in [6, 6.07) is 5.89. The highest BCUT2D eigenvalue weighted by Gasteiger charge is 2.22. The summed E-state index contributed by atoms with van der Waals surface area (Å²) >= 11 is 1.56. The zero-order valence-electron chi connectivity index (χ0n) is 9.71. The Morgan fingerprint density at radius 1 is 1.19 bits per heavy atom. The summed E-state index contributed by atoms with van der Waals surface area (Å²) in [4.78, 5) is 0.836. The van der Waals surface area contributed by atoms with Gasteiger partial charge < -0.3 is 5.73 Å². The standard InChI is InChI=1S/C12H17F2NS/c1-12(2,3)16-9-7-5-4-6-8(9)10(15)11(13)14/h4-7,10-11H,15H2,1-3H3/t10-/m0/s1. The van der Waals surface area contributed by atoms with Crippen LogP contribution in [0.3, 0.4) is 0 Å². The first-order valence-electron chi connectivity index (χ1n) is 5.13. The summed E-state index contributed by atoms with van der Waals surface area (Å²) in [6.07, 6.45) is -2.53. The lowest BCUT2D eigenvalue weighted by molar-refractivity contribution is 0.115. The highest BCUT2D eigenvalue weighted by atomic mass is 32.2. The summed E-state index contributed by atoms with van der Waals surface area (Å²) in [5.74, 6) is 0. The van der Waals surface area contributed by atoms with Crippen LogP contribution >= 0.6 is 11.8 Å². The van der Waals surface area contributed by atoms with E-state index in [9.17, 15) is 8.78 Å². The lowest BCUT2D eigenvalue weighted by Crippen LogP contribution is -2.20. The second-order valence-electron chi connectivity index (χ2n) is 4.61. The molecule has 0 saturated heterocycles. The summed E-state index contributed by atoms with van der Waals surface area (Å²) in [7, 11) is 0. The minimum Gasteiger partial charge on any atom is -0.319 e. The first-order chi connectivity index (χ1) is 7.31. The maximum Gasteiger partial charge on any atom is 0.257 e. The van der Waals surface area contributed by atoms with E-state index in [1.807, 2.05) is 32.9 Å². The number of thioether (sulfide) groups is 1. The lowest BCUT2D eigenvalue weighted by Gasteiger charge is -2.22. The molecule has 1 aromatic carbocycles. The van der Waals surface area contributed by atoms with Crippen LogP contribution in [0.1, 0.15) is 32.4 Å². The number of nitrogens with two attached hydrogens (primary N) is 1. The molecule has 0 saturated carbocycles. The minimum atomic E-state index is -2.53. The Balaban J connectivity index is 3.01. The third-order valence-electron chi connectivity index (χ3n) is 1.97. The number of alkyl halides is 2. The van der Waals surface area contributed by atoms with Gasteiger partial charge in [-0.1, -0.05) is 39.0 Å². The molecule has 0 bridgehead atoms.